The van der Waals surface area contributed by atoms with Crippen molar-refractivity contribution in [1.82, 2.24) is 5.32 Å². The minimum absolute atomic E-state index is 0.112. The molecule has 7 nitrogen and oxygen atoms in total. The van der Waals surface area contributed by atoms with E-state index in [0.717, 1.165) is 5.56 Å². The summed E-state index contributed by atoms with van der Waals surface area (Å²) in [6.45, 7) is 3.82. The molecule has 124 valence electrons. The number of hydrogen-bond acceptors (Lipinski definition) is 6. The molecule has 0 saturated heterocycles. The van der Waals surface area contributed by atoms with E-state index in [1.807, 2.05) is 0 Å². The summed E-state index contributed by atoms with van der Waals surface area (Å²) in [5.74, 6) is -0.951. The summed E-state index contributed by atoms with van der Waals surface area (Å²) in [7, 11) is -3.34. The smallest absolute Gasteiger partial charge is 0.344 e. The van der Waals surface area contributed by atoms with E-state index in [0.29, 0.717) is 0 Å². The van der Waals surface area contributed by atoms with Crippen LogP contribution in [0, 0.1) is 0 Å². The molecule has 0 unspecified atom stereocenters. The Morgan fingerprint density at radius 2 is 1.77 bits per heavy atom. The Bertz CT molecular complexity index is 509. The van der Waals surface area contributed by atoms with Gasteiger partial charge in [-0.05, 0) is 38.0 Å². The van der Waals surface area contributed by atoms with Crippen LogP contribution in [0.4, 0.5) is 0 Å². The summed E-state index contributed by atoms with van der Waals surface area (Å²) >= 11 is 0. The molecule has 0 aliphatic rings. The van der Waals surface area contributed by atoms with E-state index >= 15 is 0 Å². The van der Waals surface area contributed by atoms with Crippen LogP contribution >= 0.6 is 7.60 Å². The first-order chi connectivity index (χ1) is 10.4. The van der Waals surface area contributed by atoms with Gasteiger partial charge in [0.05, 0.1) is 19.5 Å². The minimum Gasteiger partial charge on any atom is -0.508 e. The first-order valence-corrected chi connectivity index (χ1v) is 8.75. The molecule has 8 heteroatoms. The number of nitrogens with one attached hydrogen (secondary N) is 1. The van der Waals surface area contributed by atoms with Crippen LogP contribution in [-0.4, -0.2) is 41.7 Å². The third-order valence-corrected chi connectivity index (χ3v) is 4.73. The van der Waals surface area contributed by atoms with Gasteiger partial charge in [0.2, 0.25) is 0 Å². The van der Waals surface area contributed by atoms with Crippen molar-refractivity contribution in [3.05, 3.63) is 29.8 Å². The highest BCUT2D eigenvalue weighted by molar-refractivity contribution is 7.53. The van der Waals surface area contributed by atoms with E-state index in [2.05, 4.69) is 5.32 Å². The van der Waals surface area contributed by atoms with Crippen molar-refractivity contribution in [2.45, 2.75) is 26.3 Å². The SMILES string of the molecule is CCOP(=O)(CN[C@@H](Cc1ccc(O)cc1)C(=O)O)OCC. The van der Waals surface area contributed by atoms with Crippen LogP contribution in [0.1, 0.15) is 19.4 Å². The van der Waals surface area contributed by atoms with Crippen LogP contribution in [0.25, 0.3) is 0 Å². The average Bonchev–Trinajstić information content (AvgIpc) is 2.45. The van der Waals surface area contributed by atoms with Gasteiger partial charge in [-0.1, -0.05) is 12.1 Å². The van der Waals surface area contributed by atoms with Crippen molar-refractivity contribution >= 4 is 13.6 Å². The van der Waals surface area contributed by atoms with Crippen LogP contribution in [0.15, 0.2) is 24.3 Å². The summed E-state index contributed by atoms with van der Waals surface area (Å²) in [4.78, 5) is 11.3. The van der Waals surface area contributed by atoms with Gasteiger partial charge in [-0.25, -0.2) is 0 Å². The van der Waals surface area contributed by atoms with Crippen LogP contribution in [0.3, 0.4) is 0 Å². The monoisotopic (exact) mass is 331 g/mol. The molecule has 1 aromatic carbocycles. The molecule has 0 saturated carbocycles. The number of carbonyl (C=O) groups is 1. The number of phenols is 1. The highest BCUT2D eigenvalue weighted by atomic mass is 31.2. The predicted octanol–water partition coefficient (Wildman–Crippen LogP) is 2.20. The second-order valence-corrected chi connectivity index (χ2v) is 6.62. The number of benzene rings is 1. The molecule has 22 heavy (non-hydrogen) atoms. The standard InChI is InChI=1S/C14H22NO6P/c1-3-20-22(19,21-4-2)10-15-13(14(17)18)9-11-5-7-12(16)8-6-11/h5-8,13,15-16H,3-4,9-10H2,1-2H3,(H,17,18)/t13-/m0/s1. The Morgan fingerprint density at radius 3 is 2.23 bits per heavy atom. The molecule has 0 fully saturated rings. The first kappa shape index (κ1) is 18.6. The third-order valence-electron chi connectivity index (χ3n) is 2.86. The lowest BCUT2D eigenvalue weighted by atomic mass is 10.1. The number of aromatic hydroxyl groups is 1. The molecule has 1 aromatic rings. The number of rotatable bonds is 10. The molecule has 0 amide bonds. The molecular formula is C14H22NO6P. The molecule has 0 aromatic heterocycles. The normalized spacial score (nSPS) is 13.0. The zero-order chi connectivity index (χ0) is 16.6. The highest BCUT2D eigenvalue weighted by Gasteiger charge is 2.27. The maximum absolute atomic E-state index is 12.3. The fraction of sp³-hybridized carbons (Fsp3) is 0.500. The second-order valence-electron chi connectivity index (χ2n) is 4.57. The Hall–Kier alpha value is -1.40. The van der Waals surface area contributed by atoms with Gasteiger partial charge in [0.25, 0.3) is 0 Å². The van der Waals surface area contributed by atoms with Gasteiger partial charge in [-0.15, -0.1) is 0 Å². The van der Waals surface area contributed by atoms with E-state index < -0.39 is 19.6 Å². The molecule has 0 radical (unpaired) electrons. The van der Waals surface area contributed by atoms with E-state index in [-0.39, 0.29) is 31.7 Å². The number of aliphatic carboxylic acids is 1. The van der Waals surface area contributed by atoms with Gasteiger partial charge in [0.1, 0.15) is 11.8 Å². The fourth-order valence-electron chi connectivity index (χ4n) is 1.86. The van der Waals surface area contributed by atoms with Crippen LogP contribution < -0.4 is 5.32 Å². The minimum atomic E-state index is -3.34. The molecule has 0 spiro atoms. The quantitative estimate of drug-likeness (QED) is 0.564. The summed E-state index contributed by atoms with van der Waals surface area (Å²) in [6, 6.07) is 5.31. The van der Waals surface area contributed by atoms with E-state index in [4.69, 9.17) is 9.05 Å². The Morgan fingerprint density at radius 1 is 1.23 bits per heavy atom. The van der Waals surface area contributed by atoms with Crippen LogP contribution in [0.2, 0.25) is 0 Å². The van der Waals surface area contributed by atoms with E-state index in [1.54, 1.807) is 26.0 Å². The lowest BCUT2D eigenvalue weighted by molar-refractivity contribution is -0.139. The van der Waals surface area contributed by atoms with E-state index in [9.17, 15) is 19.6 Å². The van der Waals surface area contributed by atoms with Crippen molar-refractivity contribution < 1.29 is 28.6 Å². The molecule has 3 N–H and O–H groups in total. The molecular weight excluding hydrogens is 309 g/mol. The van der Waals surface area contributed by atoms with Crippen molar-refractivity contribution in [2.75, 3.05) is 19.5 Å². The fourth-order valence-corrected chi connectivity index (χ4v) is 3.35. The Labute approximate surface area is 129 Å². The van der Waals surface area contributed by atoms with E-state index in [1.165, 1.54) is 12.1 Å². The zero-order valence-electron chi connectivity index (χ0n) is 12.7. The van der Waals surface area contributed by atoms with Gasteiger partial charge >= 0.3 is 13.6 Å². The van der Waals surface area contributed by atoms with Crippen molar-refractivity contribution in [3.8, 4) is 5.75 Å². The number of phenolic OH excluding ortho intramolecular Hbond substituents is 1. The topological polar surface area (TPSA) is 105 Å². The predicted molar refractivity (Wildman–Crippen MR) is 82.1 cm³/mol. The second kappa shape index (κ2) is 8.90. The van der Waals surface area contributed by atoms with Crippen molar-refractivity contribution in [2.24, 2.45) is 0 Å². The largest absolute Gasteiger partial charge is 0.508 e. The Kier molecular flexibility index (Phi) is 7.55. The summed E-state index contributed by atoms with van der Waals surface area (Å²) in [6.07, 6.45) is 0.0115. The zero-order valence-corrected chi connectivity index (χ0v) is 13.6. The molecule has 0 heterocycles. The maximum Gasteiger partial charge on any atom is 0.344 e. The molecule has 0 aliphatic carbocycles. The van der Waals surface area contributed by atoms with Gasteiger partial charge in [0, 0.05) is 0 Å². The van der Waals surface area contributed by atoms with Gasteiger partial charge in [-0.2, -0.15) is 0 Å². The molecule has 0 bridgehead atoms. The number of hydrogen-bond donors (Lipinski definition) is 3. The van der Waals surface area contributed by atoms with Gasteiger partial charge in [-0.3, -0.25) is 14.7 Å². The Balaban J connectivity index is 2.69. The number of carboxylic acids is 1. The van der Waals surface area contributed by atoms with Gasteiger partial charge < -0.3 is 19.3 Å². The van der Waals surface area contributed by atoms with Crippen molar-refractivity contribution in [1.29, 1.82) is 0 Å². The molecule has 0 aliphatic heterocycles. The summed E-state index contributed by atoms with van der Waals surface area (Å²) < 4.78 is 22.5. The first-order valence-electron chi connectivity index (χ1n) is 7.02. The maximum atomic E-state index is 12.3. The lowest BCUT2D eigenvalue weighted by Gasteiger charge is -2.20. The van der Waals surface area contributed by atoms with Crippen LogP contribution in [0.5, 0.6) is 5.75 Å². The lowest BCUT2D eigenvalue weighted by Crippen LogP contribution is -2.39. The summed E-state index contributed by atoms with van der Waals surface area (Å²) in [5.41, 5.74) is 0.736. The summed E-state index contributed by atoms with van der Waals surface area (Å²) in [5, 5.41) is 21.2. The van der Waals surface area contributed by atoms with Crippen LogP contribution in [-0.2, 0) is 24.8 Å². The number of carboxylic acid groups (broad SMARTS) is 1. The third kappa shape index (κ3) is 6.15. The highest BCUT2D eigenvalue weighted by Crippen LogP contribution is 2.46. The van der Waals surface area contributed by atoms with Crippen molar-refractivity contribution in [3.63, 3.8) is 0 Å². The average molecular weight is 331 g/mol. The molecule has 1 rings (SSSR count). The van der Waals surface area contributed by atoms with Gasteiger partial charge in [0.15, 0.2) is 0 Å². The molecule has 1 atom stereocenters.